The summed E-state index contributed by atoms with van der Waals surface area (Å²) in [6.07, 6.45) is -0.519. The van der Waals surface area contributed by atoms with Crippen LogP contribution < -0.4 is 14.9 Å². The Bertz CT molecular complexity index is 1380. The number of aromatic nitrogens is 3. The van der Waals surface area contributed by atoms with Crippen molar-refractivity contribution in [3.8, 4) is 11.5 Å². The molecule has 0 radical (unpaired) electrons. The van der Waals surface area contributed by atoms with Crippen LogP contribution in [0.3, 0.4) is 0 Å². The molecule has 0 spiro atoms. The second-order valence-corrected chi connectivity index (χ2v) is 8.84. The van der Waals surface area contributed by atoms with Gasteiger partial charge in [0, 0.05) is 22.5 Å². The van der Waals surface area contributed by atoms with Crippen molar-refractivity contribution in [3.63, 3.8) is 0 Å². The molecule has 1 atom stereocenters. The standard InChI is InChI=1S/C25H22N4O5S/c1-15-12-18(16(2)29(15)28-23(31)17-8-4-3-5-9-17)19(30)14-35-25-27-26-24(34-25)22-13-32-20-10-6-7-11-21(20)33-22/h3-12,22H,13-14H2,1-2H3,(H,28,31). The molecule has 3 heterocycles. The molecule has 2 aromatic heterocycles. The van der Waals surface area contributed by atoms with E-state index in [9.17, 15) is 9.59 Å². The fourth-order valence-electron chi connectivity index (χ4n) is 3.73. The molecule has 178 valence electrons. The zero-order chi connectivity index (χ0) is 24.4. The minimum atomic E-state index is -0.519. The van der Waals surface area contributed by atoms with Gasteiger partial charge < -0.3 is 13.9 Å². The average molecular weight is 491 g/mol. The molecule has 0 saturated heterocycles. The van der Waals surface area contributed by atoms with E-state index in [2.05, 4.69) is 15.6 Å². The van der Waals surface area contributed by atoms with Crippen molar-refractivity contribution in [1.82, 2.24) is 14.9 Å². The number of carbonyl (C=O) groups is 2. The second-order valence-electron chi connectivity index (χ2n) is 7.91. The number of amides is 1. The number of rotatable bonds is 7. The van der Waals surface area contributed by atoms with Gasteiger partial charge in [0.25, 0.3) is 17.0 Å². The summed E-state index contributed by atoms with van der Waals surface area (Å²) in [7, 11) is 0. The van der Waals surface area contributed by atoms with E-state index in [1.807, 2.05) is 37.3 Å². The average Bonchev–Trinajstić information content (AvgIpc) is 3.48. The minimum absolute atomic E-state index is 0.101. The molecule has 0 aliphatic carbocycles. The van der Waals surface area contributed by atoms with E-state index in [1.165, 1.54) is 0 Å². The number of para-hydroxylation sites is 2. The predicted octanol–water partition coefficient (Wildman–Crippen LogP) is 4.36. The molecule has 9 nitrogen and oxygen atoms in total. The maximum absolute atomic E-state index is 12.9. The number of aryl methyl sites for hydroxylation is 1. The van der Waals surface area contributed by atoms with Gasteiger partial charge in [-0.3, -0.25) is 19.7 Å². The van der Waals surface area contributed by atoms with Crippen LogP contribution in [0.5, 0.6) is 11.5 Å². The van der Waals surface area contributed by atoms with Crippen molar-refractivity contribution in [3.05, 3.63) is 89.1 Å². The number of benzene rings is 2. The maximum Gasteiger partial charge on any atom is 0.277 e. The molecule has 1 aliphatic heterocycles. The summed E-state index contributed by atoms with van der Waals surface area (Å²) in [5.74, 6) is 1.30. The Labute approximate surface area is 205 Å². The number of ketones is 1. The largest absolute Gasteiger partial charge is 0.485 e. The lowest BCUT2D eigenvalue weighted by Gasteiger charge is -2.23. The van der Waals surface area contributed by atoms with Crippen LogP contribution in [0.1, 0.15) is 44.1 Å². The van der Waals surface area contributed by atoms with Gasteiger partial charge in [-0.15, -0.1) is 10.2 Å². The van der Waals surface area contributed by atoms with Gasteiger partial charge in [-0.25, -0.2) is 0 Å². The Morgan fingerprint density at radius 2 is 1.80 bits per heavy atom. The van der Waals surface area contributed by atoms with E-state index in [4.69, 9.17) is 13.9 Å². The fraction of sp³-hybridized carbons (Fsp3) is 0.200. The number of hydrogen-bond donors (Lipinski definition) is 1. The first-order chi connectivity index (χ1) is 17.0. The Hall–Kier alpha value is -4.05. The molecule has 4 aromatic rings. The molecule has 0 saturated carbocycles. The lowest BCUT2D eigenvalue weighted by molar-refractivity contribution is 0.0686. The molecular weight excluding hydrogens is 468 g/mol. The highest BCUT2D eigenvalue weighted by atomic mass is 32.2. The Morgan fingerprint density at radius 1 is 1.06 bits per heavy atom. The van der Waals surface area contributed by atoms with Gasteiger partial charge in [0.1, 0.15) is 6.61 Å². The van der Waals surface area contributed by atoms with Crippen molar-refractivity contribution < 1.29 is 23.5 Å². The zero-order valence-corrected chi connectivity index (χ0v) is 19.9. The van der Waals surface area contributed by atoms with Crippen molar-refractivity contribution in [2.24, 2.45) is 0 Å². The summed E-state index contributed by atoms with van der Waals surface area (Å²) in [5, 5.41) is 8.35. The zero-order valence-electron chi connectivity index (χ0n) is 19.1. The quantitative estimate of drug-likeness (QED) is 0.301. The highest BCUT2D eigenvalue weighted by Crippen LogP contribution is 2.36. The molecule has 5 rings (SSSR count). The van der Waals surface area contributed by atoms with Crippen LogP contribution in [-0.4, -0.2) is 38.9 Å². The number of fused-ring (bicyclic) bond motifs is 1. The van der Waals surface area contributed by atoms with Gasteiger partial charge >= 0.3 is 0 Å². The molecule has 1 N–H and O–H groups in total. The molecule has 0 bridgehead atoms. The van der Waals surface area contributed by atoms with Gasteiger partial charge in [0.05, 0.1) is 5.75 Å². The monoisotopic (exact) mass is 490 g/mol. The highest BCUT2D eigenvalue weighted by Gasteiger charge is 2.27. The molecule has 1 amide bonds. The topological polar surface area (TPSA) is 108 Å². The third-order valence-electron chi connectivity index (χ3n) is 5.51. The van der Waals surface area contributed by atoms with Crippen molar-refractivity contribution >= 4 is 23.5 Å². The number of nitrogens with one attached hydrogen (secondary N) is 1. The lowest BCUT2D eigenvalue weighted by atomic mass is 10.2. The molecular formula is C25H22N4O5S. The summed E-state index contributed by atoms with van der Waals surface area (Å²) in [6, 6.07) is 18.0. The Kier molecular flexibility index (Phi) is 6.28. The third kappa shape index (κ3) is 4.78. The van der Waals surface area contributed by atoms with E-state index in [0.717, 1.165) is 17.5 Å². The van der Waals surface area contributed by atoms with E-state index in [0.29, 0.717) is 28.3 Å². The predicted molar refractivity (Wildman–Crippen MR) is 129 cm³/mol. The van der Waals surface area contributed by atoms with Gasteiger partial charge in [-0.05, 0) is 44.2 Å². The highest BCUT2D eigenvalue weighted by molar-refractivity contribution is 7.99. The number of thioether (sulfide) groups is 1. The van der Waals surface area contributed by atoms with Crippen LogP contribution in [0, 0.1) is 13.8 Å². The SMILES string of the molecule is Cc1cc(C(=O)CSc2nnc(C3COc4ccccc4O3)o2)c(C)n1NC(=O)c1ccccc1. The molecule has 0 fully saturated rings. The van der Waals surface area contributed by atoms with Crippen molar-refractivity contribution in [2.75, 3.05) is 17.8 Å². The number of ether oxygens (including phenoxy) is 2. The maximum atomic E-state index is 12.9. The summed E-state index contributed by atoms with van der Waals surface area (Å²) in [6.45, 7) is 3.87. The first-order valence-corrected chi connectivity index (χ1v) is 11.9. The van der Waals surface area contributed by atoms with Gasteiger partial charge in [0.2, 0.25) is 6.10 Å². The summed E-state index contributed by atoms with van der Waals surface area (Å²) in [4.78, 5) is 25.5. The first-order valence-electron chi connectivity index (χ1n) is 10.9. The van der Waals surface area contributed by atoms with Crippen LogP contribution >= 0.6 is 11.8 Å². The van der Waals surface area contributed by atoms with E-state index in [-0.39, 0.29) is 35.2 Å². The number of nitrogens with zero attached hydrogens (tertiary/aromatic N) is 3. The molecule has 10 heteroatoms. The minimum Gasteiger partial charge on any atom is -0.485 e. The van der Waals surface area contributed by atoms with E-state index >= 15 is 0 Å². The first kappa shape index (κ1) is 22.7. The Balaban J connectivity index is 1.22. The van der Waals surface area contributed by atoms with Gasteiger partial charge in [0.15, 0.2) is 17.3 Å². The van der Waals surface area contributed by atoms with Gasteiger partial charge in [-0.1, -0.05) is 42.1 Å². The molecule has 2 aromatic carbocycles. The third-order valence-corrected chi connectivity index (χ3v) is 6.33. The summed E-state index contributed by atoms with van der Waals surface area (Å²) >= 11 is 1.15. The second kappa shape index (κ2) is 9.67. The summed E-state index contributed by atoms with van der Waals surface area (Å²) < 4.78 is 18.9. The van der Waals surface area contributed by atoms with Crippen LogP contribution in [0.2, 0.25) is 0 Å². The normalized spacial score (nSPS) is 14.5. The number of carbonyl (C=O) groups excluding carboxylic acids is 2. The summed E-state index contributed by atoms with van der Waals surface area (Å²) in [5.41, 5.74) is 5.29. The fourth-order valence-corrected chi connectivity index (χ4v) is 4.38. The lowest BCUT2D eigenvalue weighted by Crippen LogP contribution is -2.25. The van der Waals surface area contributed by atoms with Crippen molar-refractivity contribution in [1.29, 1.82) is 0 Å². The number of hydrogen-bond acceptors (Lipinski definition) is 8. The van der Waals surface area contributed by atoms with Crippen molar-refractivity contribution in [2.45, 2.75) is 25.2 Å². The van der Waals surface area contributed by atoms with Gasteiger partial charge in [-0.2, -0.15) is 0 Å². The van der Waals surface area contributed by atoms with Crippen LogP contribution in [0.15, 0.2) is 70.3 Å². The van der Waals surface area contributed by atoms with E-state index < -0.39 is 6.10 Å². The Morgan fingerprint density at radius 3 is 2.60 bits per heavy atom. The molecule has 1 unspecified atom stereocenters. The van der Waals surface area contributed by atoms with Crippen LogP contribution in [0.4, 0.5) is 0 Å². The molecule has 1 aliphatic rings. The van der Waals surface area contributed by atoms with E-state index in [1.54, 1.807) is 41.9 Å². The number of Topliss-reactive ketones (excluding diaryl/α,β-unsaturated/α-hetero) is 1. The smallest absolute Gasteiger partial charge is 0.277 e. The molecule has 35 heavy (non-hydrogen) atoms. The van der Waals surface area contributed by atoms with Crippen LogP contribution in [0.25, 0.3) is 0 Å². The van der Waals surface area contributed by atoms with Crippen LogP contribution in [-0.2, 0) is 0 Å².